The fourth-order valence-electron chi connectivity index (χ4n) is 1.82. The van der Waals surface area contributed by atoms with E-state index >= 15 is 0 Å². The lowest BCUT2D eigenvalue weighted by Crippen LogP contribution is -2.00. The summed E-state index contributed by atoms with van der Waals surface area (Å²) in [7, 11) is 0. The van der Waals surface area contributed by atoms with E-state index in [-0.39, 0.29) is 0 Å². The molecule has 0 bridgehead atoms. The Labute approximate surface area is 126 Å². The molecule has 4 heteroatoms. The van der Waals surface area contributed by atoms with Gasteiger partial charge in [-0.3, -0.25) is 0 Å². The standard InChI is InChI=1S/C15H17BrO2S/c1-3-12-5-6-13(19-12)9-18-15-7-4-11(16)8-14(15)10(2)17/h4-8,10,17H,3,9H2,1-2H3/t10-/m1/s1. The van der Waals surface area contributed by atoms with Crippen molar-refractivity contribution in [1.29, 1.82) is 0 Å². The second kappa shape index (κ2) is 6.55. The van der Waals surface area contributed by atoms with Crippen molar-refractivity contribution >= 4 is 27.3 Å². The van der Waals surface area contributed by atoms with Crippen LogP contribution in [0.25, 0.3) is 0 Å². The number of aliphatic hydroxyl groups is 1. The lowest BCUT2D eigenvalue weighted by molar-refractivity contribution is 0.190. The number of aliphatic hydroxyl groups excluding tert-OH is 1. The molecule has 0 fully saturated rings. The molecule has 0 aliphatic carbocycles. The van der Waals surface area contributed by atoms with Gasteiger partial charge in [-0.25, -0.2) is 0 Å². The van der Waals surface area contributed by atoms with Crippen LogP contribution < -0.4 is 4.74 Å². The Hall–Kier alpha value is -0.840. The molecule has 0 aliphatic rings. The van der Waals surface area contributed by atoms with Crippen molar-refractivity contribution in [3.8, 4) is 5.75 Å². The molecule has 102 valence electrons. The van der Waals surface area contributed by atoms with E-state index in [1.807, 2.05) is 18.2 Å². The van der Waals surface area contributed by atoms with Crippen LogP contribution in [0.2, 0.25) is 0 Å². The Morgan fingerprint density at radius 1 is 1.26 bits per heavy atom. The van der Waals surface area contributed by atoms with Crippen molar-refractivity contribution in [3.63, 3.8) is 0 Å². The maximum Gasteiger partial charge on any atom is 0.125 e. The Bertz CT molecular complexity index is 549. The van der Waals surface area contributed by atoms with Crippen LogP contribution in [-0.4, -0.2) is 5.11 Å². The highest BCUT2D eigenvalue weighted by Crippen LogP contribution is 2.29. The third-order valence-corrected chi connectivity index (χ3v) is 4.55. The zero-order valence-electron chi connectivity index (χ0n) is 11.0. The number of benzene rings is 1. The van der Waals surface area contributed by atoms with E-state index in [1.54, 1.807) is 18.3 Å². The predicted octanol–water partition coefficient (Wildman–Crippen LogP) is 4.71. The molecule has 0 radical (unpaired) electrons. The first kappa shape index (κ1) is 14.6. The van der Waals surface area contributed by atoms with Crippen molar-refractivity contribution in [2.75, 3.05) is 0 Å². The molecule has 0 saturated heterocycles. The molecular weight excluding hydrogens is 324 g/mol. The van der Waals surface area contributed by atoms with Crippen molar-refractivity contribution in [1.82, 2.24) is 0 Å². The summed E-state index contributed by atoms with van der Waals surface area (Å²) in [5.74, 6) is 0.740. The molecule has 0 aliphatic heterocycles. The smallest absolute Gasteiger partial charge is 0.125 e. The van der Waals surface area contributed by atoms with Crippen LogP contribution in [0.15, 0.2) is 34.8 Å². The van der Waals surface area contributed by atoms with E-state index in [4.69, 9.17) is 4.74 Å². The highest BCUT2D eigenvalue weighted by Gasteiger charge is 2.10. The number of ether oxygens (including phenoxy) is 1. The van der Waals surface area contributed by atoms with Crippen molar-refractivity contribution in [3.05, 3.63) is 50.1 Å². The summed E-state index contributed by atoms with van der Waals surface area (Å²) in [5, 5.41) is 9.77. The number of thiophene rings is 1. The Morgan fingerprint density at radius 3 is 2.63 bits per heavy atom. The largest absolute Gasteiger partial charge is 0.488 e. The quantitative estimate of drug-likeness (QED) is 0.854. The van der Waals surface area contributed by atoms with Gasteiger partial charge in [0.2, 0.25) is 0 Å². The maximum atomic E-state index is 9.77. The molecule has 1 N–H and O–H groups in total. The Kier molecular flexibility index (Phi) is 5.02. The molecule has 1 heterocycles. The minimum Gasteiger partial charge on any atom is -0.488 e. The summed E-state index contributed by atoms with van der Waals surface area (Å²) >= 11 is 5.18. The van der Waals surface area contributed by atoms with E-state index in [9.17, 15) is 5.11 Å². The minimum atomic E-state index is -0.540. The van der Waals surface area contributed by atoms with Crippen LogP contribution in [0, 0.1) is 0 Å². The van der Waals surface area contributed by atoms with Crippen LogP contribution in [-0.2, 0) is 13.0 Å². The van der Waals surface area contributed by atoms with Crippen LogP contribution >= 0.6 is 27.3 Å². The van der Waals surface area contributed by atoms with Crippen molar-refractivity contribution < 1.29 is 9.84 Å². The van der Waals surface area contributed by atoms with Crippen LogP contribution in [0.5, 0.6) is 5.75 Å². The van der Waals surface area contributed by atoms with Gasteiger partial charge >= 0.3 is 0 Å². The molecule has 19 heavy (non-hydrogen) atoms. The van der Waals surface area contributed by atoms with Crippen LogP contribution in [0.3, 0.4) is 0 Å². The SMILES string of the molecule is CCc1ccc(COc2ccc(Br)cc2[C@@H](C)O)s1. The van der Waals surface area contributed by atoms with E-state index in [2.05, 4.69) is 35.0 Å². The molecule has 2 rings (SSSR count). The lowest BCUT2D eigenvalue weighted by atomic mass is 10.1. The van der Waals surface area contributed by atoms with Gasteiger partial charge in [-0.05, 0) is 43.7 Å². The topological polar surface area (TPSA) is 29.5 Å². The minimum absolute atomic E-state index is 0.540. The van der Waals surface area contributed by atoms with Gasteiger partial charge in [0, 0.05) is 19.8 Å². The molecule has 1 aromatic carbocycles. The third-order valence-electron chi connectivity index (χ3n) is 2.86. The fourth-order valence-corrected chi connectivity index (χ4v) is 3.07. The molecule has 1 aromatic heterocycles. The average molecular weight is 341 g/mol. The summed E-state index contributed by atoms with van der Waals surface area (Å²) in [6, 6.07) is 9.95. The number of rotatable bonds is 5. The van der Waals surface area contributed by atoms with E-state index in [0.717, 1.165) is 22.2 Å². The fraction of sp³-hybridized carbons (Fsp3) is 0.333. The number of hydrogen-bond donors (Lipinski definition) is 1. The molecular formula is C15H17BrO2S. The van der Waals surface area contributed by atoms with E-state index < -0.39 is 6.10 Å². The van der Waals surface area contributed by atoms with E-state index in [1.165, 1.54) is 9.75 Å². The van der Waals surface area contributed by atoms with Crippen LogP contribution in [0.4, 0.5) is 0 Å². The predicted molar refractivity (Wildman–Crippen MR) is 82.8 cm³/mol. The lowest BCUT2D eigenvalue weighted by Gasteiger charge is -2.13. The molecule has 2 nitrogen and oxygen atoms in total. The van der Waals surface area contributed by atoms with Gasteiger partial charge in [-0.15, -0.1) is 11.3 Å². The summed E-state index contributed by atoms with van der Waals surface area (Å²) in [6.07, 6.45) is 0.518. The highest BCUT2D eigenvalue weighted by atomic mass is 79.9. The monoisotopic (exact) mass is 340 g/mol. The molecule has 0 amide bonds. The van der Waals surface area contributed by atoms with Gasteiger partial charge in [0.05, 0.1) is 6.10 Å². The number of hydrogen-bond acceptors (Lipinski definition) is 3. The van der Waals surface area contributed by atoms with Gasteiger partial charge in [0.1, 0.15) is 12.4 Å². The Morgan fingerprint density at radius 2 is 2.00 bits per heavy atom. The summed E-state index contributed by atoms with van der Waals surface area (Å²) in [5.41, 5.74) is 0.807. The molecule has 0 saturated carbocycles. The van der Waals surface area contributed by atoms with Crippen LogP contribution in [0.1, 0.15) is 35.3 Å². The highest BCUT2D eigenvalue weighted by molar-refractivity contribution is 9.10. The molecule has 0 spiro atoms. The van der Waals surface area contributed by atoms with E-state index in [0.29, 0.717) is 6.61 Å². The summed E-state index contributed by atoms with van der Waals surface area (Å²) in [4.78, 5) is 2.57. The van der Waals surface area contributed by atoms with Gasteiger partial charge in [-0.2, -0.15) is 0 Å². The average Bonchev–Trinajstić information content (AvgIpc) is 2.85. The van der Waals surface area contributed by atoms with Crippen molar-refractivity contribution in [2.24, 2.45) is 0 Å². The van der Waals surface area contributed by atoms with Gasteiger partial charge < -0.3 is 9.84 Å². The molecule has 2 aromatic rings. The zero-order chi connectivity index (χ0) is 13.8. The second-order valence-electron chi connectivity index (χ2n) is 4.37. The first-order valence-corrected chi connectivity index (χ1v) is 7.89. The summed E-state index contributed by atoms with van der Waals surface area (Å²) in [6.45, 7) is 4.44. The first-order chi connectivity index (χ1) is 9.10. The van der Waals surface area contributed by atoms with Crippen molar-refractivity contribution in [2.45, 2.75) is 33.0 Å². The maximum absolute atomic E-state index is 9.77. The van der Waals surface area contributed by atoms with Gasteiger partial charge in [-0.1, -0.05) is 22.9 Å². The first-order valence-electron chi connectivity index (χ1n) is 6.28. The zero-order valence-corrected chi connectivity index (χ0v) is 13.4. The number of halogens is 1. The normalized spacial score (nSPS) is 12.4. The van der Waals surface area contributed by atoms with Gasteiger partial charge in [0.15, 0.2) is 0 Å². The summed E-state index contributed by atoms with van der Waals surface area (Å²) < 4.78 is 6.77. The second-order valence-corrected chi connectivity index (χ2v) is 6.54. The third kappa shape index (κ3) is 3.81. The molecule has 1 atom stereocenters. The molecule has 0 unspecified atom stereocenters. The Balaban J connectivity index is 2.10. The number of aryl methyl sites for hydroxylation is 1. The van der Waals surface area contributed by atoms with Gasteiger partial charge in [0.25, 0.3) is 0 Å².